The molecule has 0 aliphatic carbocycles. The number of carbonyl (C=O) groups is 1. The minimum Gasteiger partial charge on any atom is -0.377 e. The van der Waals surface area contributed by atoms with E-state index in [1.165, 1.54) is 0 Å². The molecule has 0 bridgehead atoms. The number of pyridine rings is 1. The fourth-order valence-corrected chi connectivity index (χ4v) is 5.27. The van der Waals surface area contributed by atoms with E-state index >= 15 is 0 Å². The Morgan fingerprint density at radius 3 is 2.64 bits per heavy atom. The Morgan fingerprint density at radius 1 is 1.17 bits per heavy atom. The maximum atomic E-state index is 14.1. The van der Waals surface area contributed by atoms with Crippen molar-refractivity contribution in [2.75, 3.05) is 18.1 Å². The number of aryl methyl sites for hydroxylation is 2. The first-order chi connectivity index (χ1) is 17.3. The van der Waals surface area contributed by atoms with Crippen molar-refractivity contribution in [2.24, 2.45) is 7.05 Å². The molecule has 1 atom stereocenters. The number of hydrogen-bond acceptors (Lipinski definition) is 6. The highest BCUT2D eigenvalue weighted by atomic mass is 35.5. The van der Waals surface area contributed by atoms with Gasteiger partial charge in [-0.3, -0.25) is 9.69 Å². The molecule has 1 amide bonds. The number of rotatable bonds is 4. The van der Waals surface area contributed by atoms with Gasteiger partial charge in [0.1, 0.15) is 23.2 Å². The van der Waals surface area contributed by atoms with Crippen molar-refractivity contribution in [3.05, 3.63) is 69.8 Å². The SMILES string of the molecule is Cc1cc(N2C(=O)c3nc(C4=CCOCC4)n(C(C)C)c3C2c2ccc(Cl)cc2)nc2c1nnn2C. The lowest BCUT2D eigenvalue weighted by Gasteiger charge is -2.28. The number of benzene rings is 1. The van der Waals surface area contributed by atoms with E-state index in [9.17, 15) is 4.79 Å². The number of anilines is 1. The van der Waals surface area contributed by atoms with Crippen LogP contribution in [0.4, 0.5) is 5.82 Å². The van der Waals surface area contributed by atoms with Gasteiger partial charge in [-0.05, 0) is 62.1 Å². The van der Waals surface area contributed by atoms with E-state index in [4.69, 9.17) is 26.3 Å². The zero-order valence-electron chi connectivity index (χ0n) is 20.6. The Labute approximate surface area is 213 Å². The van der Waals surface area contributed by atoms with Crippen molar-refractivity contribution in [3.63, 3.8) is 0 Å². The first kappa shape index (κ1) is 22.9. The lowest BCUT2D eigenvalue weighted by Crippen LogP contribution is -2.31. The molecule has 0 radical (unpaired) electrons. The minimum atomic E-state index is -0.417. The Balaban J connectivity index is 1.59. The number of nitrogens with zero attached hydrogens (tertiary/aromatic N) is 7. The molecule has 0 saturated heterocycles. The first-order valence-corrected chi connectivity index (χ1v) is 12.4. The van der Waals surface area contributed by atoms with Crippen molar-refractivity contribution in [2.45, 2.75) is 39.3 Å². The Kier molecular flexibility index (Phi) is 5.42. The number of hydrogen-bond donors (Lipinski definition) is 0. The van der Waals surface area contributed by atoms with Crippen molar-refractivity contribution in [3.8, 4) is 0 Å². The highest BCUT2D eigenvalue weighted by molar-refractivity contribution is 6.30. The zero-order chi connectivity index (χ0) is 25.1. The standard InChI is InChI=1S/C26H26ClN7O2/c1-14(2)33-23-21(29-24(33)17-9-11-36-12-10-17)26(35)34(22(23)16-5-7-18(27)8-6-16)19-13-15(3)20-25(28-19)32(4)31-30-20/h5-9,13-14,22H,10-12H2,1-4H3. The average Bonchev–Trinajstić information content (AvgIpc) is 3.52. The van der Waals surface area contributed by atoms with Crippen molar-refractivity contribution >= 4 is 40.1 Å². The lowest BCUT2D eigenvalue weighted by atomic mass is 10.0. The lowest BCUT2D eigenvalue weighted by molar-refractivity contribution is 0.0988. The highest BCUT2D eigenvalue weighted by Gasteiger charge is 2.45. The predicted octanol–water partition coefficient (Wildman–Crippen LogP) is 4.66. The second-order valence-corrected chi connectivity index (χ2v) is 9.94. The molecule has 36 heavy (non-hydrogen) atoms. The van der Waals surface area contributed by atoms with Crippen molar-refractivity contribution < 1.29 is 9.53 Å². The molecule has 3 aromatic heterocycles. The molecule has 184 valence electrons. The monoisotopic (exact) mass is 503 g/mol. The molecule has 0 spiro atoms. The van der Waals surface area contributed by atoms with Crippen LogP contribution in [0.5, 0.6) is 0 Å². The number of halogens is 1. The summed E-state index contributed by atoms with van der Waals surface area (Å²) in [5, 5.41) is 8.97. The van der Waals surface area contributed by atoms with Gasteiger partial charge in [-0.2, -0.15) is 0 Å². The number of aromatic nitrogens is 6. The summed E-state index contributed by atoms with van der Waals surface area (Å²) in [7, 11) is 1.80. The van der Waals surface area contributed by atoms with Crippen LogP contribution >= 0.6 is 11.6 Å². The van der Waals surface area contributed by atoms with Gasteiger partial charge in [0, 0.05) is 18.1 Å². The molecule has 0 fully saturated rings. The van der Waals surface area contributed by atoms with Gasteiger partial charge >= 0.3 is 0 Å². The van der Waals surface area contributed by atoms with Crippen LogP contribution in [-0.2, 0) is 11.8 Å². The van der Waals surface area contributed by atoms with E-state index < -0.39 is 6.04 Å². The molecule has 2 aliphatic heterocycles. The maximum Gasteiger partial charge on any atom is 0.280 e. The quantitative estimate of drug-likeness (QED) is 0.402. The molecular formula is C26H26ClN7O2. The largest absolute Gasteiger partial charge is 0.377 e. The van der Waals surface area contributed by atoms with E-state index in [0.717, 1.165) is 34.6 Å². The van der Waals surface area contributed by atoms with Crippen LogP contribution < -0.4 is 4.90 Å². The summed E-state index contributed by atoms with van der Waals surface area (Å²) >= 11 is 6.23. The molecule has 0 N–H and O–H groups in total. The van der Waals surface area contributed by atoms with E-state index in [-0.39, 0.29) is 11.9 Å². The normalized spacial score (nSPS) is 17.8. The van der Waals surface area contributed by atoms with Gasteiger partial charge in [-0.1, -0.05) is 35.0 Å². The van der Waals surface area contributed by atoms with E-state index in [1.54, 1.807) is 16.6 Å². The topological polar surface area (TPSA) is 91.0 Å². The summed E-state index contributed by atoms with van der Waals surface area (Å²) < 4.78 is 9.34. The van der Waals surface area contributed by atoms with Crippen molar-refractivity contribution in [1.29, 1.82) is 0 Å². The third-order valence-corrected chi connectivity index (χ3v) is 7.07. The molecular weight excluding hydrogens is 478 g/mol. The fourth-order valence-electron chi connectivity index (χ4n) is 5.14. The molecule has 4 aromatic rings. The van der Waals surface area contributed by atoms with E-state index in [1.807, 2.05) is 37.3 Å². The third-order valence-electron chi connectivity index (χ3n) is 6.82. The number of imidazole rings is 1. The number of carbonyl (C=O) groups excluding carboxylic acids is 1. The van der Waals surface area contributed by atoms with Crippen LogP contribution in [0.3, 0.4) is 0 Å². The second-order valence-electron chi connectivity index (χ2n) is 9.50. The van der Waals surface area contributed by atoms with Gasteiger partial charge in [0.2, 0.25) is 0 Å². The minimum absolute atomic E-state index is 0.0843. The summed E-state index contributed by atoms with van der Waals surface area (Å²) in [6, 6.07) is 9.19. The van der Waals surface area contributed by atoms with Crippen LogP contribution in [-0.4, -0.2) is 48.6 Å². The molecule has 2 aliphatic rings. The van der Waals surface area contributed by atoms with E-state index in [2.05, 4.69) is 34.8 Å². The summed E-state index contributed by atoms with van der Waals surface area (Å²) in [6.45, 7) is 7.38. The number of fused-ring (bicyclic) bond motifs is 2. The number of amides is 1. The summed E-state index contributed by atoms with van der Waals surface area (Å²) in [6.07, 6.45) is 2.82. The van der Waals surface area contributed by atoms with Gasteiger partial charge in [0.15, 0.2) is 11.3 Å². The highest BCUT2D eigenvalue weighted by Crippen LogP contribution is 2.44. The van der Waals surface area contributed by atoms with E-state index in [0.29, 0.717) is 40.9 Å². The summed E-state index contributed by atoms with van der Waals surface area (Å²) in [5.41, 5.74) is 5.59. The average molecular weight is 504 g/mol. The molecule has 5 heterocycles. The second kappa shape index (κ2) is 8.53. The smallest absolute Gasteiger partial charge is 0.280 e. The molecule has 0 saturated carbocycles. The molecule has 6 rings (SSSR count). The van der Waals surface area contributed by atoms with Crippen LogP contribution in [0.1, 0.15) is 65.5 Å². The molecule has 1 unspecified atom stereocenters. The van der Waals surface area contributed by atoms with Crippen molar-refractivity contribution in [1.82, 2.24) is 29.5 Å². The van der Waals surface area contributed by atoms with Gasteiger partial charge in [0.05, 0.1) is 18.9 Å². The molecule has 9 nitrogen and oxygen atoms in total. The summed E-state index contributed by atoms with van der Waals surface area (Å²) in [4.78, 5) is 25.6. The maximum absolute atomic E-state index is 14.1. The zero-order valence-corrected chi connectivity index (χ0v) is 21.3. The molecule has 10 heteroatoms. The summed E-state index contributed by atoms with van der Waals surface area (Å²) in [5.74, 6) is 1.19. The fraction of sp³-hybridized carbons (Fsp3) is 0.346. The number of ether oxygens (including phenoxy) is 1. The van der Waals surface area contributed by atoms with Crippen LogP contribution in [0.2, 0.25) is 5.02 Å². The van der Waals surface area contributed by atoms with Gasteiger partial charge in [-0.15, -0.1) is 5.10 Å². The van der Waals surface area contributed by atoms with Crippen LogP contribution in [0.25, 0.3) is 16.7 Å². The predicted molar refractivity (Wildman–Crippen MR) is 137 cm³/mol. The Bertz CT molecular complexity index is 1530. The van der Waals surface area contributed by atoms with Gasteiger partial charge in [-0.25, -0.2) is 14.6 Å². The Hall–Kier alpha value is -3.56. The third kappa shape index (κ3) is 3.45. The van der Waals surface area contributed by atoms with Gasteiger partial charge < -0.3 is 9.30 Å². The first-order valence-electron chi connectivity index (χ1n) is 12.0. The molecule has 1 aromatic carbocycles. The van der Waals surface area contributed by atoms with Crippen LogP contribution in [0.15, 0.2) is 36.4 Å². The van der Waals surface area contributed by atoms with Crippen LogP contribution in [0, 0.1) is 6.92 Å². The Morgan fingerprint density at radius 2 is 1.94 bits per heavy atom. The van der Waals surface area contributed by atoms with Gasteiger partial charge in [0.25, 0.3) is 5.91 Å².